The van der Waals surface area contributed by atoms with Gasteiger partial charge in [-0.15, -0.1) is 0 Å². The number of benzene rings is 2. The van der Waals surface area contributed by atoms with Crippen molar-refractivity contribution in [2.75, 3.05) is 22.9 Å². The number of sulfonamides is 1. The molecule has 0 atom stereocenters. The van der Waals surface area contributed by atoms with Gasteiger partial charge >= 0.3 is 4.87 Å². The summed E-state index contributed by atoms with van der Waals surface area (Å²) in [7, 11) is -1.99. The second kappa shape index (κ2) is 7.64. The number of hydrogen-bond donors (Lipinski definition) is 1. The molecule has 0 saturated carbocycles. The summed E-state index contributed by atoms with van der Waals surface area (Å²) in [5.74, 6) is -0.346. The Hall–Kier alpha value is -2.65. The summed E-state index contributed by atoms with van der Waals surface area (Å²) >= 11 is 1.14. The fourth-order valence-electron chi connectivity index (χ4n) is 3.19. The predicted octanol–water partition coefficient (Wildman–Crippen LogP) is 3.60. The lowest BCUT2D eigenvalue weighted by atomic mass is 10.1. The van der Waals surface area contributed by atoms with Crippen LogP contribution in [0, 0.1) is 6.92 Å². The van der Waals surface area contributed by atoms with Gasteiger partial charge in [0.15, 0.2) is 0 Å². The van der Waals surface area contributed by atoms with Gasteiger partial charge in [-0.3, -0.25) is 18.5 Å². The maximum Gasteiger partial charge on any atom is 0.308 e. The molecule has 9 heteroatoms. The van der Waals surface area contributed by atoms with Gasteiger partial charge in [-0.25, -0.2) is 8.42 Å². The molecule has 0 aliphatic rings. The van der Waals surface area contributed by atoms with Crippen LogP contribution < -0.4 is 14.5 Å². The van der Waals surface area contributed by atoms with E-state index in [9.17, 15) is 18.0 Å². The van der Waals surface area contributed by atoms with Gasteiger partial charge in [0.2, 0.25) is 10.0 Å². The summed E-state index contributed by atoms with van der Waals surface area (Å²) in [6.45, 7) is 5.61. The Morgan fingerprint density at radius 3 is 2.52 bits per heavy atom. The summed E-state index contributed by atoms with van der Waals surface area (Å²) in [5, 5.41) is 2.84. The van der Waals surface area contributed by atoms with E-state index < -0.39 is 10.0 Å². The number of amides is 1. The Kier molecular flexibility index (Phi) is 5.55. The molecule has 1 amide bonds. The van der Waals surface area contributed by atoms with E-state index in [0.29, 0.717) is 22.5 Å². The molecule has 3 aromatic rings. The van der Waals surface area contributed by atoms with Crippen LogP contribution in [-0.4, -0.2) is 32.2 Å². The minimum atomic E-state index is -3.44. The van der Waals surface area contributed by atoms with Crippen molar-refractivity contribution < 1.29 is 13.2 Å². The number of carbonyl (C=O) groups excluding carboxylic acids is 1. The summed E-state index contributed by atoms with van der Waals surface area (Å²) in [4.78, 5) is 25.0. The first kappa shape index (κ1) is 21.1. The van der Waals surface area contributed by atoms with Gasteiger partial charge in [-0.05, 0) is 56.7 Å². The van der Waals surface area contributed by atoms with Crippen molar-refractivity contribution in [1.82, 2.24) is 4.57 Å². The van der Waals surface area contributed by atoms with Crippen LogP contribution in [0.4, 0.5) is 11.4 Å². The van der Waals surface area contributed by atoms with E-state index in [1.165, 1.54) is 7.05 Å². The van der Waals surface area contributed by atoms with Crippen LogP contribution in [0.1, 0.15) is 35.8 Å². The van der Waals surface area contributed by atoms with Gasteiger partial charge in [0.25, 0.3) is 5.91 Å². The molecule has 1 aromatic heterocycles. The molecule has 1 heterocycles. The molecular formula is C20H23N3O4S2. The molecule has 0 unspecified atom stereocenters. The van der Waals surface area contributed by atoms with E-state index in [1.807, 2.05) is 19.9 Å². The minimum absolute atomic E-state index is 0.0363. The van der Waals surface area contributed by atoms with Crippen LogP contribution in [0.2, 0.25) is 0 Å². The van der Waals surface area contributed by atoms with Crippen LogP contribution in [0.25, 0.3) is 10.2 Å². The van der Waals surface area contributed by atoms with Crippen molar-refractivity contribution >= 4 is 48.9 Å². The first-order valence-corrected chi connectivity index (χ1v) is 11.7. The third-order valence-electron chi connectivity index (χ3n) is 4.77. The van der Waals surface area contributed by atoms with E-state index in [0.717, 1.165) is 32.1 Å². The summed E-state index contributed by atoms with van der Waals surface area (Å²) in [6.07, 6.45) is 1.11. The van der Waals surface area contributed by atoms with E-state index in [1.54, 1.807) is 41.8 Å². The molecule has 0 aliphatic carbocycles. The normalized spacial score (nSPS) is 11.8. The topological polar surface area (TPSA) is 88.5 Å². The molecule has 7 nitrogen and oxygen atoms in total. The Morgan fingerprint density at radius 1 is 1.21 bits per heavy atom. The first-order valence-electron chi connectivity index (χ1n) is 9.00. The number of anilines is 2. The van der Waals surface area contributed by atoms with E-state index in [-0.39, 0.29) is 16.8 Å². The lowest BCUT2D eigenvalue weighted by molar-refractivity contribution is 0.102. The number of nitrogens with zero attached hydrogens (tertiary/aromatic N) is 2. The predicted molar refractivity (Wildman–Crippen MR) is 119 cm³/mol. The van der Waals surface area contributed by atoms with Crippen molar-refractivity contribution in [3.8, 4) is 0 Å². The van der Waals surface area contributed by atoms with Crippen molar-refractivity contribution in [3.05, 3.63) is 57.2 Å². The summed E-state index contributed by atoms with van der Waals surface area (Å²) in [6, 6.07) is 10.4. The molecule has 0 saturated heterocycles. The van der Waals surface area contributed by atoms with Crippen molar-refractivity contribution in [3.63, 3.8) is 0 Å². The van der Waals surface area contributed by atoms with Gasteiger partial charge in [-0.2, -0.15) is 0 Å². The van der Waals surface area contributed by atoms with E-state index >= 15 is 0 Å². The van der Waals surface area contributed by atoms with Crippen LogP contribution in [-0.2, 0) is 10.0 Å². The summed E-state index contributed by atoms with van der Waals surface area (Å²) < 4.78 is 27.4. The summed E-state index contributed by atoms with van der Waals surface area (Å²) in [5.41, 5.74) is 2.80. The van der Waals surface area contributed by atoms with Crippen molar-refractivity contribution in [1.29, 1.82) is 0 Å². The molecule has 3 rings (SSSR count). The van der Waals surface area contributed by atoms with E-state index in [2.05, 4.69) is 5.32 Å². The molecule has 0 bridgehead atoms. The Morgan fingerprint density at radius 2 is 1.90 bits per heavy atom. The zero-order valence-electron chi connectivity index (χ0n) is 16.9. The fraction of sp³-hybridized carbons (Fsp3) is 0.300. The van der Waals surface area contributed by atoms with Crippen LogP contribution in [0.15, 0.2) is 41.2 Å². The van der Waals surface area contributed by atoms with Gasteiger partial charge < -0.3 is 5.32 Å². The number of nitrogens with one attached hydrogen (secondary N) is 1. The number of rotatable bonds is 5. The Bertz CT molecular complexity index is 1260. The van der Waals surface area contributed by atoms with Gasteiger partial charge in [0, 0.05) is 24.3 Å². The molecule has 29 heavy (non-hydrogen) atoms. The largest absolute Gasteiger partial charge is 0.322 e. The maximum absolute atomic E-state index is 12.8. The third kappa shape index (κ3) is 4.06. The number of hydrogen-bond acceptors (Lipinski definition) is 5. The maximum atomic E-state index is 12.8. The standard InChI is InChI=1S/C20H23N3O4S2/c1-12(2)23-17-10-9-14(11-18(17)28-20(23)25)21-19(24)15-7-6-8-16(13(15)3)22(4)29(5,26)27/h6-12H,1-5H3,(H,21,24). The monoisotopic (exact) mass is 433 g/mol. The second-order valence-electron chi connectivity index (χ2n) is 7.15. The fourth-order valence-corrected chi connectivity index (χ4v) is 4.80. The first-order chi connectivity index (χ1) is 13.5. The molecule has 154 valence electrons. The van der Waals surface area contributed by atoms with E-state index in [4.69, 9.17) is 0 Å². The third-order valence-corrected chi connectivity index (χ3v) is 6.88. The van der Waals surface area contributed by atoms with Crippen LogP contribution in [0.3, 0.4) is 0 Å². The van der Waals surface area contributed by atoms with Gasteiger partial charge in [0.1, 0.15) is 0 Å². The lowest BCUT2D eigenvalue weighted by Crippen LogP contribution is -2.26. The highest BCUT2D eigenvalue weighted by Gasteiger charge is 2.19. The smallest absolute Gasteiger partial charge is 0.308 e. The molecule has 0 fully saturated rings. The highest BCUT2D eigenvalue weighted by Crippen LogP contribution is 2.27. The molecule has 0 aliphatic heterocycles. The highest BCUT2D eigenvalue weighted by atomic mass is 32.2. The minimum Gasteiger partial charge on any atom is -0.322 e. The highest BCUT2D eigenvalue weighted by molar-refractivity contribution is 7.92. The Labute approximate surface area is 173 Å². The zero-order chi connectivity index (χ0) is 21.5. The quantitative estimate of drug-likeness (QED) is 0.666. The number of thiazole rings is 1. The number of carbonyl (C=O) groups is 1. The average molecular weight is 434 g/mol. The van der Waals surface area contributed by atoms with Crippen LogP contribution in [0.5, 0.6) is 0 Å². The van der Waals surface area contributed by atoms with Gasteiger partial charge in [0.05, 0.1) is 22.2 Å². The van der Waals surface area contributed by atoms with Crippen molar-refractivity contribution in [2.45, 2.75) is 26.8 Å². The van der Waals surface area contributed by atoms with Crippen LogP contribution >= 0.6 is 11.3 Å². The number of fused-ring (bicyclic) bond motifs is 1. The molecular weight excluding hydrogens is 410 g/mol. The van der Waals surface area contributed by atoms with Gasteiger partial charge in [-0.1, -0.05) is 17.4 Å². The SMILES string of the molecule is Cc1c(C(=O)Nc2ccc3c(c2)sc(=O)n3C(C)C)cccc1N(C)S(C)(=O)=O. The zero-order valence-corrected chi connectivity index (χ0v) is 18.5. The molecule has 1 N–H and O–H groups in total. The lowest BCUT2D eigenvalue weighted by Gasteiger charge is -2.20. The second-order valence-corrected chi connectivity index (χ2v) is 10.2. The molecule has 2 aromatic carbocycles. The molecule has 0 radical (unpaired) electrons. The number of aromatic nitrogens is 1. The average Bonchev–Trinajstić information content (AvgIpc) is 2.95. The molecule has 0 spiro atoms. The van der Waals surface area contributed by atoms with Crippen molar-refractivity contribution in [2.24, 2.45) is 0 Å². The Balaban J connectivity index is 1.94.